The smallest absolute Gasteiger partial charge is 0.231 e. The van der Waals surface area contributed by atoms with Gasteiger partial charge in [-0.3, -0.25) is 4.79 Å². The summed E-state index contributed by atoms with van der Waals surface area (Å²) in [7, 11) is 0. The Balaban J connectivity index is 1.30. The van der Waals surface area contributed by atoms with Crippen LogP contribution in [0.4, 0.5) is 5.82 Å². The Labute approximate surface area is 210 Å². The number of thioether (sulfide) groups is 1. The van der Waals surface area contributed by atoms with E-state index in [1.54, 1.807) is 6.33 Å². The Morgan fingerprint density at radius 1 is 1.12 bits per heavy atom. The number of anilines is 1. The number of nitrogens with zero attached hydrogens (tertiary/aromatic N) is 5. The SMILES string of the molecule is C[C@@H]1C[C@@H](O)c2ncnc(N3CCN(C(=O)[C@H](CN4CCSCC4)c4ccc(Cl)cc4)CC3)c21. The van der Waals surface area contributed by atoms with Crippen molar-refractivity contribution >= 4 is 35.1 Å². The van der Waals surface area contributed by atoms with Crippen LogP contribution >= 0.6 is 23.4 Å². The van der Waals surface area contributed by atoms with Crippen LogP contribution in [0.3, 0.4) is 0 Å². The first-order valence-electron chi connectivity index (χ1n) is 12.1. The molecule has 2 aromatic rings. The molecule has 7 nitrogen and oxygen atoms in total. The molecule has 1 aliphatic carbocycles. The second-order valence-electron chi connectivity index (χ2n) is 9.48. The van der Waals surface area contributed by atoms with Gasteiger partial charge in [-0.25, -0.2) is 9.97 Å². The first-order valence-corrected chi connectivity index (χ1v) is 13.7. The molecule has 3 heterocycles. The van der Waals surface area contributed by atoms with Gasteiger partial charge >= 0.3 is 0 Å². The molecule has 2 aliphatic heterocycles. The van der Waals surface area contributed by atoms with Gasteiger partial charge < -0.3 is 19.8 Å². The Morgan fingerprint density at radius 3 is 2.53 bits per heavy atom. The zero-order chi connectivity index (χ0) is 23.7. The van der Waals surface area contributed by atoms with Crippen LogP contribution in [0.15, 0.2) is 30.6 Å². The summed E-state index contributed by atoms with van der Waals surface area (Å²) < 4.78 is 0. The van der Waals surface area contributed by atoms with Crippen LogP contribution in [0, 0.1) is 0 Å². The van der Waals surface area contributed by atoms with Gasteiger partial charge in [-0.1, -0.05) is 30.7 Å². The van der Waals surface area contributed by atoms with Gasteiger partial charge in [0.25, 0.3) is 0 Å². The normalized spacial score (nSPS) is 24.2. The molecule has 1 aromatic heterocycles. The fraction of sp³-hybridized carbons (Fsp3) is 0.560. The van der Waals surface area contributed by atoms with Crippen LogP contribution in [-0.4, -0.2) is 88.1 Å². The van der Waals surface area contributed by atoms with Gasteiger partial charge in [-0.05, 0) is 30.0 Å². The van der Waals surface area contributed by atoms with Crippen molar-refractivity contribution in [2.45, 2.75) is 31.3 Å². The summed E-state index contributed by atoms with van der Waals surface area (Å²) in [5.74, 6) is 3.40. The Morgan fingerprint density at radius 2 is 1.82 bits per heavy atom. The van der Waals surface area contributed by atoms with Gasteiger partial charge in [0.05, 0.1) is 17.7 Å². The summed E-state index contributed by atoms with van der Waals surface area (Å²) in [5, 5.41) is 11.0. The Kier molecular flexibility index (Phi) is 7.30. The number of aliphatic hydroxyl groups is 1. The summed E-state index contributed by atoms with van der Waals surface area (Å²) in [5.41, 5.74) is 2.86. The minimum absolute atomic E-state index is 0.189. The van der Waals surface area contributed by atoms with E-state index in [9.17, 15) is 9.90 Å². The number of amides is 1. The number of carbonyl (C=O) groups is 1. The number of aliphatic hydroxyl groups excluding tert-OH is 1. The maximum absolute atomic E-state index is 13.8. The topological polar surface area (TPSA) is 72.8 Å². The fourth-order valence-corrected chi connectivity index (χ4v) is 6.48. The van der Waals surface area contributed by atoms with Crippen molar-refractivity contribution in [2.75, 3.05) is 62.2 Å². The Hall–Kier alpha value is -1.87. The zero-order valence-electron chi connectivity index (χ0n) is 19.6. The van der Waals surface area contributed by atoms with Crippen LogP contribution in [0.25, 0.3) is 0 Å². The molecular formula is C25H32ClN5O2S. The van der Waals surface area contributed by atoms with Gasteiger partial charge in [0.1, 0.15) is 12.1 Å². The molecule has 182 valence electrons. The van der Waals surface area contributed by atoms with Crippen molar-refractivity contribution < 1.29 is 9.90 Å². The molecule has 34 heavy (non-hydrogen) atoms. The number of piperazine rings is 1. The van der Waals surface area contributed by atoms with E-state index in [2.05, 4.69) is 26.7 Å². The van der Waals surface area contributed by atoms with Gasteiger partial charge in [-0.2, -0.15) is 11.8 Å². The molecule has 3 atom stereocenters. The highest BCUT2D eigenvalue weighted by atomic mass is 35.5. The third kappa shape index (κ3) is 4.91. The monoisotopic (exact) mass is 501 g/mol. The van der Waals surface area contributed by atoms with E-state index in [-0.39, 0.29) is 17.7 Å². The summed E-state index contributed by atoms with van der Waals surface area (Å²) in [6.45, 7) is 7.70. The molecule has 0 saturated carbocycles. The predicted molar refractivity (Wildman–Crippen MR) is 137 cm³/mol. The molecule has 0 radical (unpaired) electrons. The second kappa shape index (κ2) is 10.4. The summed E-state index contributed by atoms with van der Waals surface area (Å²) in [4.78, 5) is 29.4. The van der Waals surface area contributed by atoms with Crippen LogP contribution < -0.4 is 4.90 Å². The van der Waals surface area contributed by atoms with E-state index in [4.69, 9.17) is 11.6 Å². The highest BCUT2D eigenvalue weighted by molar-refractivity contribution is 7.99. The number of halogens is 1. The van der Waals surface area contributed by atoms with E-state index < -0.39 is 6.10 Å². The Bertz CT molecular complexity index is 1010. The molecule has 9 heteroatoms. The molecule has 0 bridgehead atoms. The fourth-order valence-electron chi connectivity index (χ4n) is 5.38. The average molecular weight is 502 g/mol. The molecule has 2 fully saturated rings. The minimum atomic E-state index is -0.511. The highest BCUT2D eigenvalue weighted by Gasteiger charge is 2.35. The third-order valence-corrected chi connectivity index (χ3v) is 8.48. The lowest BCUT2D eigenvalue weighted by molar-refractivity contribution is -0.133. The molecule has 1 amide bonds. The van der Waals surface area contributed by atoms with Gasteiger partial charge in [0.2, 0.25) is 5.91 Å². The van der Waals surface area contributed by atoms with Crippen molar-refractivity contribution in [1.82, 2.24) is 19.8 Å². The first-order chi connectivity index (χ1) is 16.5. The zero-order valence-corrected chi connectivity index (χ0v) is 21.1. The molecule has 0 unspecified atom stereocenters. The van der Waals surface area contributed by atoms with Crippen molar-refractivity contribution in [1.29, 1.82) is 0 Å². The number of aromatic nitrogens is 2. The van der Waals surface area contributed by atoms with Crippen LogP contribution in [-0.2, 0) is 4.79 Å². The van der Waals surface area contributed by atoms with Crippen LogP contribution in [0.2, 0.25) is 5.02 Å². The van der Waals surface area contributed by atoms with Crippen molar-refractivity contribution in [2.24, 2.45) is 0 Å². The van der Waals surface area contributed by atoms with E-state index in [0.29, 0.717) is 24.5 Å². The first kappa shape index (κ1) is 23.9. The van der Waals surface area contributed by atoms with Crippen molar-refractivity contribution in [3.05, 3.63) is 52.4 Å². The molecule has 2 saturated heterocycles. The van der Waals surface area contributed by atoms with Gasteiger partial charge in [0.15, 0.2) is 0 Å². The molecule has 0 spiro atoms. The van der Waals surface area contributed by atoms with Crippen LogP contribution in [0.1, 0.15) is 48.1 Å². The lowest BCUT2D eigenvalue weighted by atomic mass is 9.96. The molecular weight excluding hydrogens is 470 g/mol. The molecule has 5 rings (SSSR count). The van der Waals surface area contributed by atoms with E-state index >= 15 is 0 Å². The van der Waals surface area contributed by atoms with Crippen molar-refractivity contribution in [3.8, 4) is 0 Å². The quantitative estimate of drug-likeness (QED) is 0.674. The summed E-state index contributed by atoms with van der Waals surface area (Å²) in [6.07, 6.45) is 1.74. The average Bonchev–Trinajstić information content (AvgIpc) is 3.17. The van der Waals surface area contributed by atoms with Crippen molar-refractivity contribution in [3.63, 3.8) is 0 Å². The lowest BCUT2D eigenvalue weighted by Gasteiger charge is -2.39. The van der Waals surface area contributed by atoms with E-state index in [1.807, 2.05) is 40.9 Å². The molecule has 1 aromatic carbocycles. The molecule has 3 aliphatic rings. The summed E-state index contributed by atoms with van der Waals surface area (Å²) in [6, 6.07) is 7.76. The maximum Gasteiger partial charge on any atom is 0.231 e. The number of hydrogen-bond acceptors (Lipinski definition) is 7. The standard InChI is InChI=1S/C25H32ClN5O2S/c1-17-14-21(32)23-22(17)24(28-16-27-23)30-6-8-31(9-7-30)25(33)20(15-29-10-12-34-13-11-29)18-2-4-19(26)5-3-18/h2-5,16-17,20-21,32H,6-15H2,1H3/t17-,20-,21-/m1/s1. The van der Waals surface area contributed by atoms with E-state index in [0.717, 1.165) is 66.9 Å². The van der Waals surface area contributed by atoms with Gasteiger partial charge in [0, 0.05) is 67.9 Å². The number of carbonyl (C=O) groups excluding carboxylic acids is 1. The lowest BCUT2D eigenvalue weighted by Crippen LogP contribution is -2.52. The number of benzene rings is 1. The molecule has 1 N–H and O–H groups in total. The van der Waals surface area contributed by atoms with Crippen LogP contribution in [0.5, 0.6) is 0 Å². The maximum atomic E-state index is 13.8. The number of rotatable bonds is 5. The largest absolute Gasteiger partial charge is 0.387 e. The second-order valence-corrected chi connectivity index (χ2v) is 11.1. The third-order valence-electron chi connectivity index (χ3n) is 7.28. The number of fused-ring (bicyclic) bond motifs is 1. The predicted octanol–water partition coefficient (Wildman–Crippen LogP) is 3.15. The minimum Gasteiger partial charge on any atom is -0.387 e. The van der Waals surface area contributed by atoms with E-state index in [1.165, 1.54) is 0 Å². The van der Waals surface area contributed by atoms with Gasteiger partial charge in [-0.15, -0.1) is 0 Å². The summed E-state index contributed by atoms with van der Waals surface area (Å²) >= 11 is 8.11. The number of hydrogen-bond donors (Lipinski definition) is 1. The highest BCUT2D eigenvalue weighted by Crippen LogP contribution is 2.42.